The van der Waals surface area contributed by atoms with Crippen LogP contribution < -0.4 is 10.6 Å². The standard InChI is InChI=1S/C15H21N5O/c1-3-7-16-15-18-13(17-11-5-9-21-10-6-11)12-4-8-20(2)14(12)19-15/h3-4,8,11H,1,5-7,9-10H2,2H3,(H2,16,17,18,19). The molecule has 6 nitrogen and oxygen atoms in total. The Morgan fingerprint density at radius 2 is 2.24 bits per heavy atom. The summed E-state index contributed by atoms with van der Waals surface area (Å²) in [6.07, 6.45) is 5.82. The molecule has 2 aromatic heterocycles. The van der Waals surface area contributed by atoms with Gasteiger partial charge in [-0.05, 0) is 18.9 Å². The van der Waals surface area contributed by atoms with Crippen molar-refractivity contribution in [3.8, 4) is 0 Å². The second kappa shape index (κ2) is 6.13. The molecule has 0 amide bonds. The highest BCUT2D eigenvalue weighted by molar-refractivity contribution is 5.88. The van der Waals surface area contributed by atoms with Gasteiger partial charge in [0.2, 0.25) is 5.95 Å². The fourth-order valence-electron chi connectivity index (χ4n) is 2.52. The van der Waals surface area contributed by atoms with Crippen molar-refractivity contribution in [3.63, 3.8) is 0 Å². The van der Waals surface area contributed by atoms with Crippen LogP contribution in [0, 0.1) is 0 Å². The minimum absolute atomic E-state index is 0.407. The van der Waals surface area contributed by atoms with Crippen LogP contribution in [0.1, 0.15) is 12.8 Å². The van der Waals surface area contributed by atoms with E-state index in [1.165, 1.54) is 0 Å². The fraction of sp³-hybridized carbons (Fsp3) is 0.467. The summed E-state index contributed by atoms with van der Waals surface area (Å²) in [6, 6.07) is 2.46. The molecule has 0 aliphatic carbocycles. The molecule has 1 aliphatic rings. The maximum absolute atomic E-state index is 5.41. The molecule has 0 spiro atoms. The topological polar surface area (TPSA) is 64.0 Å². The first-order chi connectivity index (χ1) is 10.3. The first-order valence-corrected chi connectivity index (χ1v) is 7.30. The highest BCUT2D eigenvalue weighted by Gasteiger charge is 2.17. The van der Waals surface area contributed by atoms with Crippen LogP contribution in [0.4, 0.5) is 11.8 Å². The first-order valence-electron chi connectivity index (χ1n) is 7.30. The van der Waals surface area contributed by atoms with Crippen molar-refractivity contribution in [2.24, 2.45) is 7.05 Å². The quantitative estimate of drug-likeness (QED) is 0.825. The predicted molar refractivity (Wildman–Crippen MR) is 84.7 cm³/mol. The molecule has 21 heavy (non-hydrogen) atoms. The molecule has 1 aliphatic heterocycles. The maximum atomic E-state index is 5.41. The first kappa shape index (κ1) is 13.9. The van der Waals surface area contributed by atoms with E-state index >= 15 is 0 Å². The Kier molecular flexibility index (Phi) is 4.06. The van der Waals surface area contributed by atoms with Crippen LogP contribution in [0.25, 0.3) is 11.0 Å². The van der Waals surface area contributed by atoms with Gasteiger partial charge in [0.05, 0.1) is 5.39 Å². The zero-order chi connectivity index (χ0) is 14.7. The largest absolute Gasteiger partial charge is 0.381 e. The lowest BCUT2D eigenvalue weighted by molar-refractivity contribution is 0.0904. The molecule has 3 heterocycles. The van der Waals surface area contributed by atoms with Crippen molar-refractivity contribution in [1.82, 2.24) is 14.5 Å². The highest BCUT2D eigenvalue weighted by Crippen LogP contribution is 2.24. The van der Waals surface area contributed by atoms with Gasteiger partial charge in [-0.3, -0.25) is 0 Å². The minimum Gasteiger partial charge on any atom is -0.381 e. The summed E-state index contributed by atoms with van der Waals surface area (Å²) < 4.78 is 7.41. The lowest BCUT2D eigenvalue weighted by atomic mass is 10.1. The minimum atomic E-state index is 0.407. The van der Waals surface area contributed by atoms with Crippen LogP contribution in [0.2, 0.25) is 0 Å². The van der Waals surface area contributed by atoms with Gasteiger partial charge in [-0.1, -0.05) is 6.08 Å². The summed E-state index contributed by atoms with van der Waals surface area (Å²) >= 11 is 0. The number of ether oxygens (including phenoxy) is 1. The molecule has 0 bridgehead atoms. The number of aryl methyl sites for hydroxylation is 1. The molecule has 2 aromatic rings. The number of rotatable bonds is 5. The van der Waals surface area contributed by atoms with E-state index in [1.54, 1.807) is 6.08 Å². The molecule has 0 unspecified atom stereocenters. The lowest BCUT2D eigenvalue weighted by Gasteiger charge is -2.24. The van der Waals surface area contributed by atoms with Crippen molar-refractivity contribution >= 4 is 22.8 Å². The van der Waals surface area contributed by atoms with Crippen molar-refractivity contribution in [2.45, 2.75) is 18.9 Å². The van der Waals surface area contributed by atoms with Crippen LogP contribution in [0.3, 0.4) is 0 Å². The van der Waals surface area contributed by atoms with Gasteiger partial charge in [0.15, 0.2) is 0 Å². The third-order valence-corrected chi connectivity index (χ3v) is 3.69. The number of nitrogens with one attached hydrogen (secondary N) is 2. The van der Waals surface area contributed by atoms with Crippen molar-refractivity contribution in [1.29, 1.82) is 0 Å². The van der Waals surface area contributed by atoms with Gasteiger partial charge < -0.3 is 19.9 Å². The lowest BCUT2D eigenvalue weighted by Crippen LogP contribution is -2.28. The van der Waals surface area contributed by atoms with Crippen LogP contribution in [-0.2, 0) is 11.8 Å². The Labute approximate surface area is 124 Å². The summed E-state index contributed by atoms with van der Waals surface area (Å²) in [6.45, 7) is 5.97. The fourth-order valence-corrected chi connectivity index (χ4v) is 2.52. The Balaban J connectivity index is 1.92. The molecule has 0 radical (unpaired) electrons. The molecular weight excluding hydrogens is 266 g/mol. The highest BCUT2D eigenvalue weighted by atomic mass is 16.5. The Hall–Kier alpha value is -2.08. The zero-order valence-corrected chi connectivity index (χ0v) is 12.3. The molecule has 3 rings (SSSR count). The van der Waals surface area contributed by atoms with E-state index in [9.17, 15) is 0 Å². The van der Waals surface area contributed by atoms with Gasteiger partial charge in [-0.2, -0.15) is 9.97 Å². The molecule has 0 atom stereocenters. The average Bonchev–Trinajstić information content (AvgIpc) is 2.88. The monoisotopic (exact) mass is 287 g/mol. The van der Waals surface area contributed by atoms with E-state index in [0.717, 1.165) is 42.9 Å². The van der Waals surface area contributed by atoms with E-state index in [1.807, 2.05) is 23.9 Å². The molecule has 0 saturated carbocycles. The van der Waals surface area contributed by atoms with Gasteiger partial charge >= 0.3 is 0 Å². The second-order valence-electron chi connectivity index (χ2n) is 5.26. The van der Waals surface area contributed by atoms with E-state index in [0.29, 0.717) is 18.5 Å². The Bertz CT molecular complexity index is 630. The number of hydrogen-bond acceptors (Lipinski definition) is 5. The van der Waals surface area contributed by atoms with E-state index in [4.69, 9.17) is 4.74 Å². The van der Waals surface area contributed by atoms with E-state index in [2.05, 4.69) is 27.2 Å². The molecule has 6 heteroatoms. The molecule has 0 aromatic carbocycles. The van der Waals surface area contributed by atoms with Gasteiger partial charge in [0, 0.05) is 39.0 Å². The SMILES string of the molecule is C=CCNc1nc(NC2CCOCC2)c2ccn(C)c2n1. The van der Waals surface area contributed by atoms with Gasteiger partial charge in [-0.15, -0.1) is 6.58 Å². The van der Waals surface area contributed by atoms with Crippen molar-refractivity contribution in [3.05, 3.63) is 24.9 Å². The van der Waals surface area contributed by atoms with Gasteiger partial charge in [0.1, 0.15) is 11.5 Å². The van der Waals surface area contributed by atoms with E-state index < -0.39 is 0 Å². The maximum Gasteiger partial charge on any atom is 0.226 e. The summed E-state index contributed by atoms with van der Waals surface area (Å²) in [7, 11) is 1.99. The second-order valence-corrected chi connectivity index (χ2v) is 5.26. The summed E-state index contributed by atoms with van der Waals surface area (Å²) in [4.78, 5) is 9.16. The summed E-state index contributed by atoms with van der Waals surface area (Å²) in [5.74, 6) is 1.51. The third-order valence-electron chi connectivity index (χ3n) is 3.69. The average molecular weight is 287 g/mol. The Morgan fingerprint density at radius 3 is 3.00 bits per heavy atom. The zero-order valence-electron chi connectivity index (χ0n) is 12.3. The number of nitrogens with zero attached hydrogens (tertiary/aromatic N) is 3. The number of anilines is 2. The Morgan fingerprint density at radius 1 is 1.43 bits per heavy atom. The van der Waals surface area contributed by atoms with Crippen LogP contribution in [-0.4, -0.2) is 40.3 Å². The van der Waals surface area contributed by atoms with Crippen LogP contribution >= 0.6 is 0 Å². The van der Waals surface area contributed by atoms with Crippen molar-refractivity contribution in [2.75, 3.05) is 30.4 Å². The van der Waals surface area contributed by atoms with Gasteiger partial charge in [-0.25, -0.2) is 0 Å². The third kappa shape index (κ3) is 3.00. The van der Waals surface area contributed by atoms with Crippen LogP contribution in [0.5, 0.6) is 0 Å². The van der Waals surface area contributed by atoms with Gasteiger partial charge in [0.25, 0.3) is 0 Å². The number of aromatic nitrogens is 3. The van der Waals surface area contributed by atoms with E-state index in [-0.39, 0.29) is 0 Å². The summed E-state index contributed by atoms with van der Waals surface area (Å²) in [5, 5.41) is 7.76. The smallest absolute Gasteiger partial charge is 0.226 e. The summed E-state index contributed by atoms with van der Waals surface area (Å²) in [5.41, 5.74) is 0.922. The van der Waals surface area contributed by atoms with Crippen molar-refractivity contribution < 1.29 is 4.74 Å². The number of fused-ring (bicyclic) bond motifs is 1. The normalized spacial score (nSPS) is 16.0. The molecule has 112 valence electrons. The molecule has 1 saturated heterocycles. The molecular formula is C15H21N5O. The molecule has 1 fully saturated rings. The predicted octanol–water partition coefficient (Wildman–Crippen LogP) is 2.16. The van der Waals surface area contributed by atoms with Crippen LogP contribution in [0.15, 0.2) is 24.9 Å². The molecule has 2 N–H and O–H groups in total. The number of hydrogen-bond donors (Lipinski definition) is 2.